The van der Waals surface area contributed by atoms with Gasteiger partial charge in [-0.3, -0.25) is 0 Å². The van der Waals surface area contributed by atoms with Crippen LogP contribution in [0.5, 0.6) is 0 Å². The van der Waals surface area contributed by atoms with Crippen LogP contribution in [0.25, 0.3) is 0 Å². The van der Waals surface area contributed by atoms with E-state index in [0.29, 0.717) is 24.8 Å². The zero-order valence-electron chi connectivity index (χ0n) is 12.2. The van der Waals surface area contributed by atoms with Crippen molar-refractivity contribution >= 4 is 17.3 Å². The molecule has 120 valence electrons. The summed E-state index contributed by atoms with van der Waals surface area (Å²) in [6.45, 7) is 2.67. The van der Waals surface area contributed by atoms with Crippen molar-refractivity contribution in [2.45, 2.75) is 31.5 Å². The number of halogens is 3. The lowest BCUT2D eigenvalue weighted by Crippen LogP contribution is -2.42. The Kier molecular flexibility index (Phi) is 3.13. The fourth-order valence-electron chi connectivity index (χ4n) is 3.72. The molecule has 0 aliphatic carbocycles. The summed E-state index contributed by atoms with van der Waals surface area (Å²) >= 11 is 0. The van der Waals surface area contributed by atoms with E-state index in [0.717, 1.165) is 31.0 Å². The fourth-order valence-corrected chi connectivity index (χ4v) is 3.72. The number of aromatic nitrogens is 1. The molecule has 2 bridgehead atoms. The van der Waals surface area contributed by atoms with Gasteiger partial charge in [-0.25, -0.2) is 4.98 Å². The van der Waals surface area contributed by atoms with Gasteiger partial charge in [0.1, 0.15) is 5.82 Å². The Morgan fingerprint density at radius 2 is 1.95 bits per heavy atom. The molecule has 2 atom stereocenters. The summed E-state index contributed by atoms with van der Waals surface area (Å²) in [6, 6.07) is 4.26. The zero-order chi connectivity index (χ0) is 15.3. The molecule has 7 heteroatoms. The first-order valence-corrected chi connectivity index (χ1v) is 7.85. The molecule has 0 saturated carbocycles. The molecule has 3 aliphatic heterocycles. The van der Waals surface area contributed by atoms with Crippen LogP contribution in [0.2, 0.25) is 0 Å². The topological polar surface area (TPSA) is 31.4 Å². The Morgan fingerprint density at radius 3 is 2.77 bits per heavy atom. The van der Waals surface area contributed by atoms with Crippen LogP contribution in [0, 0.1) is 5.92 Å². The van der Waals surface area contributed by atoms with Gasteiger partial charge in [0.2, 0.25) is 0 Å². The Hall–Kier alpha value is -1.66. The SMILES string of the molecule is FC(F)(F)C1CCCN(c2ccc3c(n2)NC2CCN3C2)C1. The number of hydrogen-bond acceptors (Lipinski definition) is 4. The van der Waals surface area contributed by atoms with Gasteiger partial charge < -0.3 is 15.1 Å². The first-order valence-electron chi connectivity index (χ1n) is 7.85. The van der Waals surface area contributed by atoms with Crippen LogP contribution < -0.4 is 15.1 Å². The van der Waals surface area contributed by atoms with E-state index < -0.39 is 12.1 Å². The van der Waals surface area contributed by atoms with Crippen molar-refractivity contribution in [2.75, 3.05) is 41.3 Å². The summed E-state index contributed by atoms with van der Waals surface area (Å²) in [7, 11) is 0. The summed E-state index contributed by atoms with van der Waals surface area (Å²) in [4.78, 5) is 8.67. The van der Waals surface area contributed by atoms with Gasteiger partial charge in [0.15, 0.2) is 5.82 Å². The van der Waals surface area contributed by atoms with E-state index in [1.54, 1.807) is 4.90 Å². The highest BCUT2D eigenvalue weighted by Crippen LogP contribution is 2.38. The Bertz CT molecular complexity index is 574. The van der Waals surface area contributed by atoms with E-state index in [4.69, 9.17) is 0 Å². The average molecular weight is 312 g/mol. The highest BCUT2D eigenvalue weighted by molar-refractivity contribution is 5.72. The predicted molar refractivity (Wildman–Crippen MR) is 79.5 cm³/mol. The van der Waals surface area contributed by atoms with E-state index in [1.807, 2.05) is 12.1 Å². The van der Waals surface area contributed by atoms with E-state index in [2.05, 4.69) is 15.2 Å². The number of anilines is 3. The molecule has 0 aromatic carbocycles. The largest absolute Gasteiger partial charge is 0.393 e. The maximum absolute atomic E-state index is 12.9. The highest BCUT2D eigenvalue weighted by Gasteiger charge is 2.42. The molecule has 4 rings (SSSR count). The van der Waals surface area contributed by atoms with E-state index >= 15 is 0 Å². The number of rotatable bonds is 1. The lowest BCUT2D eigenvalue weighted by Gasteiger charge is -2.35. The minimum Gasteiger partial charge on any atom is -0.366 e. The van der Waals surface area contributed by atoms with Crippen molar-refractivity contribution in [3.05, 3.63) is 12.1 Å². The predicted octanol–water partition coefficient (Wildman–Crippen LogP) is 2.86. The number of alkyl halides is 3. The molecule has 1 N–H and O–H groups in total. The molecule has 4 heterocycles. The van der Waals surface area contributed by atoms with Crippen molar-refractivity contribution in [3.63, 3.8) is 0 Å². The first kappa shape index (κ1) is 14.0. The second-order valence-electron chi connectivity index (χ2n) is 6.44. The molecule has 2 unspecified atom stereocenters. The van der Waals surface area contributed by atoms with E-state index in [1.165, 1.54) is 0 Å². The molecule has 2 fully saturated rings. The summed E-state index contributed by atoms with van der Waals surface area (Å²) < 4.78 is 38.8. The van der Waals surface area contributed by atoms with Gasteiger partial charge >= 0.3 is 6.18 Å². The summed E-state index contributed by atoms with van der Waals surface area (Å²) in [5.74, 6) is 0.232. The zero-order valence-corrected chi connectivity index (χ0v) is 12.2. The quantitative estimate of drug-likeness (QED) is 0.864. The molecule has 0 spiro atoms. The minimum atomic E-state index is -4.12. The molecular weight excluding hydrogens is 293 g/mol. The van der Waals surface area contributed by atoms with E-state index in [9.17, 15) is 13.2 Å². The molecule has 0 amide bonds. The number of hydrogen-bond donors (Lipinski definition) is 1. The maximum atomic E-state index is 12.9. The van der Waals surface area contributed by atoms with Gasteiger partial charge in [0, 0.05) is 32.2 Å². The van der Waals surface area contributed by atoms with Crippen molar-refractivity contribution in [2.24, 2.45) is 5.92 Å². The van der Waals surface area contributed by atoms with Crippen LogP contribution in [0.3, 0.4) is 0 Å². The summed E-state index contributed by atoms with van der Waals surface area (Å²) in [5, 5.41) is 3.41. The molecule has 1 aromatic heterocycles. The van der Waals surface area contributed by atoms with Gasteiger partial charge in [-0.15, -0.1) is 0 Å². The molecular formula is C15H19F3N4. The normalized spacial score (nSPS) is 27.6. The molecule has 3 aliphatic rings. The van der Waals surface area contributed by atoms with Gasteiger partial charge in [0.05, 0.1) is 11.6 Å². The Labute approximate surface area is 127 Å². The number of nitrogens with zero attached hydrogens (tertiary/aromatic N) is 3. The van der Waals surface area contributed by atoms with Crippen molar-refractivity contribution < 1.29 is 13.2 Å². The van der Waals surface area contributed by atoms with E-state index in [-0.39, 0.29) is 13.0 Å². The first-order chi connectivity index (χ1) is 10.5. The number of piperidine rings is 1. The number of nitrogens with one attached hydrogen (secondary N) is 1. The lowest BCUT2D eigenvalue weighted by atomic mass is 9.97. The fraction of sp³-hybridized carbons (Fsp3) is 0.667. The molecule has 2 saturated heterocycles. The monoisotopic (exact) mass is 312 g/mol. The number of pyridine rings is 1. The van der Waals surface area contributed by atoms with Crippen LogP contribution in [-0.4, -0.2) is 43.4 Å². The molecule has 1 aromatic rings. The summed E-state index contributed by atoms with van der Waals surface area (Å²) in [6.07, 6.45) is -2.24. The van der Waals surface area contributed by atoms with Crippen LogP contribution in [-0.2, 0) is 0 Å². The second-order valence-corrected chi connectivity index (χ2v) is 6.44. The van der Waals surface area contributed by atoms with Crippen LogP contribution in [0.1, 0.15) is 19.3 Å². The smallest absolute Gasteiger partial charge is 0.366 e. The maximum Gasteiger partial charge on any atom is 0.393 e. The Balaban J connectivity index is 1.57. The van der Waals surface area contributed by atoms with Gasteiger partial charge in [0.25, 0.3) is 0 Å². The van der Waals surface area contributed by atoms with Gasteiger partial charge in [-0.2, -0.15) is 13.2 Å². The number of fused-ring (bicyclic) bond motifs is 4. The lowest BCUT2D eigenvalue weighted by molar-refractivity contribution is -0.176. The average Bonchev–Trinajstić information content (AvgIpc) is 2.88. The third kappa shape index (κ3) is 2.36. The second kappa shape index (κ2) is 4.93. The van der Waals surface area contributed by atoms with Crippen molar-refractivity contribution in [3.8, 4) is 0 Å². The van der Waals surface area contributed by atoms with Crippen molar-refractivity contribution in [1.82, 2.24) is 4.98 Å². The van der Waals surface area contributed by atoms with Gasteiger partial charge in [-0.05, 0) is 31.4 Å². The molecule has 22 heavy (non-hydrogen) atoms. The van der Waals surface area contributed by atoms with Gasteiger partial charge in [-0.1, -0.05) is 0 Å². The standard InChI is InChI=1S/C15H19F3N4/c16-15(17,18)10-2-1-6-22(8-10)13-4-3-12-14(20-13)19-11-5-7-21(12)9-11/h3-4,10-11H,1-2,5-9H2,(H,19,20). The van der Waals surface area contributed by atoms with Crippen LogP contribution in [0.4, 0.5) is 30.5 Å². The third-order valence-electron chi connectivity index (χ3n) is 4.94. The van der Waals surface area contributed by atoms with Crippen molar-refractivity contribution in [1.29, 1.82) is 0 Å². The third-order valence-corrected chi connectivity index (χ3v) is 4.94. The summed E-state index contributed by atoms with van der Waals surface area (Å²) in [5.41, 5.74) is 1.07. The molecule has 0 radical (unpaired) electrons. The minimum absolute atomic E-state index is 0.0163. The highest BCUT2D eigenvalue weighted by atomic mass is 19.4. The van der Waals surface area contributed by atoms with Crippen LogP contribution >= 0.6 is 0 Å². The Morgan fingerprint density at radius 1 is 1.09 bits per heavy atom. The van der Waals surface area contributed by atoms with Crippen LogP contribution in [0.15, 0.2) is 12.1 Å². The molecule has 4 nitrogen and oxygen atoms in total.